The van der Waals surface area contributed by atoms with E-state index in [1.54, 1.807) is 0 Å². The Bertz CT molecular complexity index is 686. The van der Waals surface area contributed by atoms with Gasteiger partial charge < -0.3 is 0 Å². The summed E-state index contributed by atoms with van der Waals surface area (Å²) in [6.07, 6.45) is 3.31. The molecule has 2 aromatic carbocycles. The fraction of sp³-hybridized carbons (Fsp3) is 0.222. The second kappa shape index (κ2) is 6.85. The van der Waals surface area contributed by atoms with Gasteiger partial charge in [-0.25, -0.2) is 0 Å². The molecule has 1 atom stereocenters. The fourth-order valence-corrected chi connectivity index (χ4v) is 3.57. The quantitative estimate of drug-likeness (QED) is 0.521. The molecule has 0 saturated heterocycles. The molecule has 3 aromatic rings. The van der Waals surface area contributed by atoms with Gasteiger partial charge in [-0.15, -0.1) is 11.3 Å². The molecule has 108 valence electrons. The van der Waals surface area contributed by atoms with Crippen LogP contribution in [-0.2, 0) is 6.42 Å². The summed E-state index contributed by atoms with van der Waals surface area (Å²) in [7, 11) is 0. The van der Waals surface area contributed by atoms with Gasteiger partial charge in [0.15, 0.2) is 0 Å². The van der Waals surface area contributed by atoms with Crippen LogP contribution in [0.15, 0.2) is 60.0 Å². The molecule has 1 heterocycles. The Morgan fingerprint density at radius 2 is 1.86 bits per heavy atom. The Kier molecular flexibility index (Phi) is 4.65. The van der Waals surface area contributed by atoms with Gasteiger partial charge in [0.05, 0.1) is 0 Å². The normalized spacial score (nSPS) is 12.6. The zero-order valence-corrected chi connectivity index (χ0v) is 12.8. The van der Waals surface area contributed by atoms with E-state index in [1.165, 1.54) is 21.2 Å². The highest BCUT2D eigenvalue weighted by Crippen LogP contribution is 2.27. The molecule has 1 unspecified atom stereocenters. The summed E-state index contributed by atoms with van der Waals surface area (Å²) in [4.78, 5) is 1.45. The highest BCUT2D eigenvalue weighted by molar-refractivity contribution is 7.09. The lowest BCUT2D eigenvalue weighted by molar-refractivity contribution is 0.502. The summed E-state index contributed by atoms with van der Waals surface area (Å²) in [6.45, 7) is 0. The number of hydrazine groups is 1. The van der Waals surface area contributed by atoms with Crippen molar-refractivity contribution in [3.63, 3.8) is 0 Å². The van der Waals surface area contributed by atoms with E-state index in [9.17, 15) is 0 Å². The van der Waals surface area contributed by atoms with E-state index >= 15 is 0 Å². The highest BCUT2D eigenvalue weighted by atomic mass is 32.1. The van der Waals surface area contributed by atoms with Gasteiger partial charge in [0.1, 0.15) is 0 Å². The molecule has 1 aromatic heterocycles. The smallest absolute Gasteiger partial charge is 0.0466 e. The minimum absolute atomic E-state index is 0.205. The number of fused-ring (bicyclic) bond motifs is 1. The number of nitrogens with one attached hydrogen (secondary N) is 1. The van der Waals surface area contributed by atoms with Gasteiger partial charge >= 0.3 is 0 Å². The van der Waals surface area contributed by atoms with E-state index in [2.05, 4.69) is 65.4 Å². The minimum Gasteiger partial charge on any atom is -0.271 e. The Morgan fingerprint density at radius 3 is 2.67 bits per heavy atom. The average molecular weight is 296 g/mol. The van der Waals surface area contributed by atoms with E-state index in [4.69, 9.17) is 5.84 Å². The molecule has 21 heavy (non-hydrogen) atoms. The molecule has 0 aliphatic carbocycles. The van der Waals surface area contributed by atoms with Crippen molar-refractivity contribution in [2.24, 2.45) is 5.84 Å². The number of nitrogens with two attached hydrogens (primary N) is 1. The molecule has 0 bridgehead atoms. The topological polar surface area (TPSA) is 38.0 Å². The van der Waals surface area contributed by atoms with E-state index in [0.29, 0.717) is 0 Å². The molecule has 0 aliphatic rings. The predicted molar refractivity (Wildman–Crippen MR) is 91.3 cm³/mol. The molecule has 3 heteroatoms. The molecule has 0 saturated carbocycles. The molecule has 0 aliphatic heterocycles. The van der Waals surface area contributed by atoms with Crippen LogP contribution < -0.4 is 11.3 Å². The van der Waals surface area contributed by atoms with Gasteiger partial charge in [0.2, 0.25) is 0 Å². The van der Waals surface area contributed by atoms with Crippen molar-refractivity contribution in [3.8, 4) is 0 Å². The molecule has 0 radical (unpaired) electrons. The molecule has 0 amide bonds. The molecule has 3 rings (SSSR count). The maximum Gasteiger partial charge on any atom is 0.0466 e. The third-order valence-corrected chi connectivity index (χ3v) is 4.83. The highest BCUT2D eigenvalue weighted by Gasteiger charge is 2.12. The maximum absolute atomic E-state index is 5.81. The van der Waals surface area contributed by atoms with Crippen molar-refractivity contribution in [3.05, 3.63) is 70.4 Å². The number of hydrogen-bond acceptors (Lipinski definition) is 3. The Balaban J connectivity index is 1.75. The van der Waals surface area contributed by atoms with Crippen LogP contribution in [0.2, 0.25) is 0 Å². The van der Waals surface area contributed by atoms with Crippen molar-refractivity contribution in [2.45, 2.75) is 25.3 Å². The first-order chi connectivity index (χ1) is 10.4. The van der Waals surface area contributed by atoms with Crippen LogP contribution in [0.25, 0.3) is 10.8 Å². The van der Waals surface area contributed by atoms with Gasteiger partial charge in [-0.2, -0.15) is 0 Å². The van der Waals surface area contributed by atoms with Gasteiger partial charge in [0, 0.05) is 10.9 Å². The van der Waals surface area contributed by atoms with Crippen molar-refractivity contribution in [1.82, 2.24) is 5.43 Å². The predicted octanol–water partition coefficient (Wildman–Crippen LogP) is 4.43. The molecular weight excluding hydrogens is 276 g/mol. The van der Waals surface area contributed by atoms with Gasteiger partial charge in [-0.3, -0.25) is 11.3 Å². The lowest BCUT2D eigenvalue weighted by Gasteiger charge is -2.18. The van der Waals surface area contributed by atoms with E-state index < -0.39 is 0 Å². The first-order valence-corrected chi connectivity index (χ1v) is 8.22. The molecule has 0 fully saturated rings. The van der Waals surface area contributed by atoms with Crippen LogP contribution in [0.1, 0.15) is 29.3 Å². The van der Waals surface area contributed by atoms with Crippen LogP contribution in [0.3, 0.4) is 0 Å². The molecular formula is C18H20N2S. The molecule has 3 N–H and O–H groups in total. The number of thiophene rings is 1. The summed E-state index contributed by atoms with van der Waals surface area (Å²) >= 11 is 1.83. The number of benzene rings is 2. The van der Waals surface area contributed by atoms with Crippen LogP contribution in [-0.4, -0.2) is 0 Å². The fourth-order valence-electron chi connectivity index (χ4n) is 2.82. The Hall–Kier alpha value is -1.68. The minimum atomic E-state index is 0.205. The van der Waals surface area contributed by atoms with Crippen molar-refractivity contribution in [2.75, 3.05) is 0 Å². The maximum atomic E-state index is 5.81. The van der Waals surface area contributed by atoms with Crippen molar-refractivity contribution < 1.29 is 0 Å². The van der Waals surface area contributed by atoms with Crippen LogP contribution in [0.4, 0.5) is 0 Å². The monoisotopic (exact) mass is 296 g/mol. The summed E-state index contributed by atoms with van der Waals surface area (Å²) < 4.78 is 0. The van der Waals surface area contributed by atoms with Gasteiger partial charge in [0.25, 0.3) is 0 Å². The van der Waals surface area contributed by atoms with E-state index in [1.807, 2.05) is 11.3 Å². The van der Waals surface area contributed by atoms with Crippen molar-refractivity contribution >= 4 is 22.1 Å². The van der Waals surface area contributed by atoms with E-state index in [-0.39, 0.29) is 6.04 Å². The number of rotatable bonds is 6. The first-order valence-electron chi connectivity index (χ1n) is 7.34. The SMILES string of the molecule is NNC(CCCc1cccs1)c1cccc2ccccc12. The number of aryl methyl sites for hydroxylation is 1. The van der Waals surface area contributed by atoms with Gasteiger partial charge in [-0.1, -0.05) is 48.5 Å². The van der Waals surface area contributed by atoms with Crippen LogP contribution in [0.5, 0.6) is 0 Å². The molecule has 2 nitrogen and oxygen atoms in total. The molecule has 0 spiro atoms. The lowest BCUT2D eigenvalue weighted by Crippen LogP contribution is -2.28. The second-order valence-electron chi connectivity index (χ2n) is 5.26. The van der Waals surface area contributed by atoms with Crippen LogP contribution in [0, 0.1) is 0 Å². The third kappa shape index (κ3) is 3.32. The second-order valence-corrected chi connectivity index (χ2v) is 6.29. The average Bonchev–Trinajstić information content (AvgIpc) is 3.05. The summed E-state index contributed by atoms with van der Waals surface area (Å²) in [5, 5.41) is 4.70. The van der Waals surface area contributed by atoms with Gasteiger partial charge in [-0.05, 0) is 47.0 Å². The zero-order valence-electron chi connectivity index (χ0n) is 12.0. The van der Waals surface area contributed by atoms with E-state index in [0.717, 1.165) is 19.3 Å². The number of hydrogen-bond donors (Lipinski definition) is 2. The zero-order chi connectivity index (χ0) is 14.5. The summed E-state index contributed by atoms with van der Waals surface area (Å²) in [5.74, 6) is 5.81. The summed E-state index contributed by atoms with van der Waals surface area (Å²) in [5.41, 5.74) is 4.29. The lowest BCUT2D eigenvalue weighted by atomic mass is 9.95. The Labute approximate surface area is 129 Å². The standard InChI is InChI=1S/C18H20N2S/c19-20-18(12-4-8-15-9-5-13-21-15)17-11-3-7-14-6-1-2-10-16(14)17/h1-3,5-7,9-11,13,18,20H,4,8,12,19H2. The van der Waals surface area contributed by atoms with Crippen molar-refractivity contribution in [1.29, 1.82) is 0 Å². The third-order valence-electron chi connectivity index (χ3n) is 3.90. The first kappa shape index (κ1) is 14.3. The Morgan fingerprint density at radius 1 is 1.00 bits per heavy atom. The van der Waals surface area contributed by atoms with Crippen LogP contribution >= 0.6 is 11.3 Å². The summed E-state index contributed by atoms with van der Waals surface area (Å²) in [6, 6.07) is 19.5. The largest absolute Gasteiger partial charge is 0.271 e.